The molecule has 0 aromatic heterocycles. The van der Waals surface area contributed by atoms with E-state index in [1.165, 1.54) is 72.9 Å². The first-order chi connectivity index (χ1) is 45.6. The van der Waals surface area contributed by atoms with Gasteiger partial charge in [0, 0.05) is 10.6 Å². The molecule has 93 heavy (non-hydrogen) atoms. The average molecular weight is 1270 g/mol. The number of ether oxygens (including phenoxy) is 4. The summed E-state index contributed by atoms with van der Waals surface area (Å²) in [4.78, 5) is 0. The van der Waals surface area contributed by atoms with Gasteiger partial charge in [0.15, 0.2) is 0 Å². The summed E-state index contributed by atoms with van der Waals surface area (Å²) in [6.45, 7) is 8.70. The summed E-state index contributed by atoms with van der Waals surface area (Å²) < 4.78 is 63.6. The summed E-state index contributed by atoms with van der Waals surface area (Å²) in [7, 11) is 0. The normalized spacial score (nSPS) is 15.5. The van der Waals surface area contributed by atoms with E-state index < -0.39 is 11.7 Å². The zero-order valence-electron chi connectivity index (χ0n) is 52.9. The maximum absolute atomic E-state index is 13.1. The van der Waals surface area contributed by atoms with Crippen molar-refractivity contribution in [1.82, 2.24) is 21.3 Å². The molecule has 9 aromatic carbocycles. The molecule has 13 rings (SSSR count). The Morgan fingerprint density at radius 2 is 0.710 bits per heavy atom. The van der Waals surface area contributed by atoms with E-state index in [0.29, 0.717) is 33.9 Å². The number of para-hydroxylation sites is 7. The number of alkyl halides is 3. The summed E-state index contributed by atoms with van der Waals surface area (Å²) in [6, 6.07) is 73.5. The van der Waals surface area contributed by atoms with Crippen LogP contribution in [0.4, 0.5) is 13.2 Å². The Bertz CT molecular complexity index is 3760. The number of benzene rings is 9. The van der Waals surface area contributed by atoms with Crippen molar-refractivity contribution in [2.24, 2.45) is 23.7 Å². The second-order valence-corrected chi connectivity index (χ2v) is 24.8. The maximum atomic E-state index is 13.1. The van der Waals surface area contributed by atoms with Crippen molar-refractivity contribution < 1.29 is 32.1 Å². The van der Waals surface area contributed by atoms with Crippen LogP contribution in [-0.2, 0) is 31.9 Å². The van der Waals surface area contributed by atoms with Crippen molar-refractivity contribution in [3.63, 3.8) is 0 Å². The number of hydrogen-bond acceptors (Lipinski definition) is 9. The van der Waals surface area contributed by atoms with Gasteiger partial charge in [0.2, 0.25) is 0 Å². The lowest BCUT2D eigenvalue weighted by Crippen LogP contribution is -2.28. The van der Waals surface area contributed by atoms with Crippen LogP contribution in [0.15, 0.2) is 224 Å². The number of nitriles is 1. The van der Waals surface area contributed by atoms with Gasteiger partial charge in [-0.25, -0.2) is 0 Å². The fourth-order valence-electron chi connectivity index (χ4n) is 12.5. The maximum Gasteiger partial charge on any atom is 0.419 e. The lowest BCUT2D eigenvalue weighted by atomic mass is 9.90. The molecule has 0 bridgehead atoms. The minimum Gasteiger partial charge on any atom is -0.457 e. The largest absolute Gasteiger partial charge is 0.457 e. The van der Waals surface area contributed by atoms with Gasteiger partial charge in [-0.1, -0.05) is 163 Å². The molecular weight excluding hydrogens is 1190 g/mol. The SMILES string of the molecule is Clc1cccc(Oc2ccccc2CC2CCNCC2)c1.FC(F)(F)c1ccccc1Oc1ccccc1CC1CCNCC1.N#Cc1ccccc1Oc1ccccc1CC1CCNCC1.c1ccc(-c2ccccc2Oc2ccccc2CC2CCNCC2)cc1. The molecule has 0 saturated carbocycles. The zero-order valence-corrected chi connectivity index (χ0v) is 53.7. The quantitative estimate of drug-likeness (QED) is 0.0709. The highest BCUT2D eigenvalue weighted by atomic mass is 35.5. The Balaban J connectivity index is 0.000000136. The molecule has 4 heterocycles. The number of piperidine rings is 4. The molecule has 9 nitrogen and oxygen atoms in total. The Kier molecular flexibility index (Phi) is 25.8. The van der Waals surface area contributed by atoms with Crippen LogP contribution in [0, 0.1) is 35.0 Å². The molecule has 4 saturated heterocycles. The van der Waals surface area contributed by atoms with Crippen molar-refractivity contribution in [2.45, 2.75) is 83.2 Å². The van der Waals surface area contributed by atoms with E-state index in [-0.39, 0.29) is 5.75 Å². The number of nitrogens with one attached hydrogen (secondary N) is 4. The fraction of sp³-hybridized carbons (Fsp3) is 0.312. The monoisotopic (exact) mass is 1270 g/mol. The summed E-state index contributed by atoms with van der Waals surface area (Å²) in [5, 5.41) is 23.5. The van der Waals surface area contributed by atoms with Crippen LogP contribution in [0.3, 0.4) is 0 Å². The molecule has 0 radical (unpaired) electrons. The summed E-state index contributed by atoms with van der Waals surface area (Å²) in [6.07, 6.45) is 9.15. The van der Waals surface area contributed by atoms with Crippen LogP contribution in [0.2, 0.25) is 5.02 Å². The van der Waals surface area contributed by atoms with Crippen LogP contribution in [0.1, 0.15) is 84.7 Å². The topological polar surface area (TPSA) is 109 Å². The second kappa shape index (κ2) is 35.6. The van der Waals surface area contributed by atoms with E-state index in [0.717, 1.165) is 149 Å². The van der Waals surface area contributed by atoms with Gasteiger partial charge < -0.3 is 40.2 Å². The molecule has 0 atom stereocenters. The minimum absolute atomic E-state index is 0.150. The van der Waals surface area contributed by atoms with Crippen molar-refractivity contribution in [3.8, 4) is 63.2 Å². The molecule has 0 unspecified atom stereocenters. The molecule has 4 fully saturated rings. The van der Waals surface area contributed by atoms with Crippen LogP contribution < -0.4 is 40.2 Å². The third-order valence-electron chi connectivity index (χ3n) is 17.6. The summed E-state index contributed by atoms with van der Waals surface area (Å²) in [5.74, 6) is 8.21. The Hall–Kier alpha value is -8.41. The second-order valence-electron chi connectivity index (χ2n) is 24.4. The van der Waals surface area contributed by atoms with Gasteiger partial charge in [0.25, 0.3) is 0 Å². The molecule has 482 valence electrons. The van der Waals surface area contributed by atoms with E-state index >= 15 is 0 Å². The van der Waals surface area contributed by atoms with E-state index in [1.54, 1.807) is 24.3 Å². The molecule has 4 N–H and O–H groups in total. The predicted octanol–water partition coefficient (Wildman–Crippen LogP) is 19.3. The number of nitrogens with zero attached hydrogens (tertiary/aromatic N) is 1. The van der Waals surface area contributed by atoms with Crippen LogP contribution in [-0.4, -0.2) is 52.4 Å². The Morgan fingerprint density at radius 3 is 1.14 bits per heavy atom. The van der Waals surface area contributed by atoms with Gasteiger partial charge in [-0.05, 0) is 254 Å². The molecule has 0 spiro atoms. The fourth-order valence-corrected chi connectivity index (χ4v) is 12.7. The first kappa shape index (κ1) is 67.5. The molecule has 9 aromatic rings. The van der Waals surface area contributed by atoms with Crippen molar-refractivity contribution in [2.75, 3.05) is 52.4 Å². The first-order valence-corrected chi connectivity index (χ1v) is 33.4. The van der Waals surface area contributed by atoms with E-state index in [4.69, 9.17) is 30.5 Å². The smallest absolute Gasteiger partial charge is 0.419 e. The Morgan fingerprint density at radius 1 is 0.366 bits per heavy atom. The highest BCUT2D eigenvalue weighted by molar-refractivity contribution is 6.30. The van der Waals surface area contributed by atoms with Gasteiger partial charge in [0.1, 0.15) is 52.1 Å². The zero-order chi connectivity index (χ0) is 64.3. The van der Waals surface area contributed by atoms with Crippen LogP contribution in [0.25, 0.3) is 11.1 Å². The third kappa shape index (κ3) is 21.0. The predicted molar refractivity (Wildman–Crippen MR) is 369 cm³/mol. The molecule has 13 heteroatoms. The van der Waals surface area contributed by atoms with Crippen LogP contribution >= 0.6 is 11.6 Å². The number of halogens is 4. The molecule has 4 aliphatic rings. The van der Waals surface area contributed by atoms with E-state index in [1.807, 2.05) is 91.0 Å². The van der Waals surface area contributed by atoms with Crippen molar-refractivity contribution in [3.05, 3.63) is 263 Å². The number of rotatable bonds is 17. The van der Waals surface area contributed by atoms with Crippen molar-refractivity contribution in [1.29, 1.82) is 5.26 Å². The summed E-state index contributed by atoms with van der Waals surface area (Å²) >= 11 is 6.02. The van der Waals surface area contributed by atoms with Gasteiger partial charge in [-0.15, -0.1) is 0 Å². The van der Waals surface area contributed by atoms with E-state index in [2.05, 4.69) is 118 Å². The molecular formula is C80H85ClF3N5O4. The van der Waals surface area contributed by atoms with Gasteiger partial charge in [-0.3, -0.25) is 0 Å². The van der Waals surface area contributed by atoms with E-state index in [9.17, 15) is 18.4 Å². The van der Waals surface area contributed by atoms with Crippen molar-refractivity contribution >= 4 is 11.6 Å². The molecule has 0 amide bonds. The highest BCUT2D eigenvalue weighted by Gasteiger charge is 2.34. The standard InChI is InChI=1S/C24H25NO.C19H20F3NO.C19H20N2O.C18H20ClNO/c1-2-8-20(9-3-1)22-11-5-7-13-24(22)26-23-12-6-4-10-21(23)18-19-14-16-25-17-15-19;20-19(21,22)16-6-2-4-8-18(16)24-17-7-3-1-5-15(17)13-14-9-11-23-12-10-14;20-14-17-6-2-4-8-19(17)22-18-7-3-1-5-16(18)13-15-9-11-21-12-10-15;19-16-5-3-6-17(13-16)21-18-7-2-1-4-15(18)12-14-8-10-20-11-9-14/h1-13,19,25H,14-18H2;1-8,14,23H,9-13H2;1-8,15,21H,9-13H2;1-7,13-14,20H,8-12H2. The van der Waals surface area contributed by atoms with Gasteiger partial charge in [-0.2, -0.15) is 18.4 Å². The number of hydrogen-bond donors (Lipinski definition) is 4. The van der Waals surface area contributed by atoms with Gasteiger partial charge in [0.05, 0.1) is 11.1 Å². The van der Waals surface area contributed by atoms with Crippen LogP contribution in [0.5, 0.6) is 46.0 Å². The molecule has 0 aliphatic carbocycles. The summed E-state index contributed by atoms with van der Waals surface area (Å²) in [5.41, 5.74) is 6.90. The Labute approximate surface area is 552 Å². The lowest BCUT2D eigenvalue weighted by molar-refractivity contribution is -0.138. The average Bonchev–Trinajstić information content (AvgIpc) is 1.54. The van der Waals surface area contributed by atoms with Gasteiger partial charge >= 0.3 is 6.18 Å². The minimum atomic E-state index is -4.43. The first-order valence-electron chi connectivity index (χ1n) is 33.0. The molecule has 4 aliphatic heterocycles. The third-order valence-corrected chi connectivity index (χ3v) is 17.9. The lowest BCUT2D eigenvalue weighted by Gasteiger charge is -2.23. The highest BCUT2D eigenvalue weighted by Crippen LogP contribution is 2.41.